The van der Waals surface area contributed by atoms with Gasteiger partial charge in [0.2, 0.25) is 5.78 Å². The van der Waals surface area contributed by atoms with E-state index in [1.54, 1.807) is 0 Å². The average Bonchev–Trinajstić information content (AvgIpc) is 2.76. The third-order valence-electron chi connectivity index (χ3n) is 2.72. The first kappa shape index (κ1) is 9.86. The molecule has 3 rings (SSSR count). The minimum Gasteiger partial charge on any atom is -0.325 e. The number of hydrogen-bond acceptors (Lipinski definition) is 2. The Kier molecular flexibility index (Phi) is 2.05. The molecule has 2 heterocycles. The summed E-state index contributed by atoms with van der Waals surface area (Å²) in [4.78, 5) is 7.71. The second-order valence-corrected chi connectivity index (χ2v) is 4.61. The maximum Gasteiger partial charge on any atom is 0.213 e. The quantitative estimate of drug-likeness (QED) is 0.718. The van der Waals surface area contributed by atoms with Crippen molar-refractivity contribution in [3.63, 3.8) is 0 Å². The van der Waals surface area contributed by atoms with Gasteiger partial charge in [-0.25, -0.2) is 4.98 Å². The monoisotopic (exact) mass is 278 g/mol. The van der Waals surface area contributed by atoms with E-state index in [2.05, 4.69) is 45.0 Å². The number of hydrogen-bond donors (Lipinski definition) is 2. The molecule has 82 valence electrons. The smallest absolute Gasteiger partial charge is 0.213 e. The highest BCUT2D eigenvalue weighted by Crippen LogP contribution is 2.25. The molecule has 0 radical (unpaired) electrons. The minimum absolute atomic E-state index is 0.469. The SMILES string of the molecule is Cc1ccc2nc3[nH]c(CN)c(Br)n3c2c1. The molecular weight excluding hydrogens is 268 g/mol. The van der Waals surface area contributed by atoms with E-state index in [-0.39, 0.29) is 0 Å². The molecule has 2 aromatic heterocycles. The van der Waals surface area contributed by atoms with Crippen molar-refractivity contribution in [2.75, 3.05) is 0 Å². The minimum atomic E-state index is 0.469. The molecule has 0 saturated heterocycles. The number of aromatic nitrogens is 3. The molecule has 3 N–H and O–H groups in total. The van der Waals surface area contributed by atoms with Crippen molar-refractivity contribution in [2.24, 2.45) is 5.73 Å². The lowest BCUT2D eigenvalue weighted by molar-refractivity contribution is 1.00. The predicted octanol–water partition coefficient (Wildman–Crippen LogP) is 2.35. The number of aromatic amines is 1. The van der Waals surface area contributed by atoms with E-state index in [0.717, 1.165) is 27.1 Å². The normalized spacial score (nSPS) is 11.7. The highest BCUT2D eigenvalue weighted by atomic mass is 79.9. The third-order valence-corrected chi connectivity index (χ3v) is 3.56. The van der Waals surface area contributed by atoms with Gasteiger partial charge < -0.3 is 10.7 Å². The number of aryl methyl sites for hydroxylation is 1. The first-order valence-electron chi connectivity index (χ1n) is 5.06. The van der Waals surface area contributed by atoms with Crippen LogP contribution in [0.15, 0.2) is 22.8 Å². The van der Waals surface area contributed by atoms with Gasteiger partial charge in [-0.15, -0.1) is 0 Å². The Hall–Kier alpha value is -1.33. The fourth-order valence-electron chi connectivity index (χ4n) is 1.92. The summed E-state index contributed by atoms with van der Waals surface area (Å²) in [5.41, 5.74) is 9.91. The molecule has 4 nitrogen and oxygen atoms in total. The topological polar surface area (TPSA) is 59.1 Å². The number of benzene rings is 1. The summed E-state index contributed by atoms with van der Waals surface area (Å²) < 4.78 is 3.00. The molecule has 3 aromatic rings. The van der Waals surface area contributed by atoms with Gasteiger partial charge in [-0.3, -0.25) is 4.40 Å². The highest BCUT2D eigenvalue weighted by Gasteiger charge is 2.12. The van der Waals surface area contributed by atoms with Gasteiger partial charge in [0.15, 0.2) is 0 Å². The molecule has 16 heavy (non-hydrogen) atoms. The van der Waals surface area contributed by atoms with E-state index in [0.29, 0.717) is 6.54 Å². The van der Waals surface area contributed by atoms with E-state index in [1.807, 2.05) is 10.5 Å². The summed E-state index contributed by atoms with van der Waals surface area (Å²) in [6.07, 6.45) is 0. The van der Waals surface area contributed by atoms with Crippen LogP contribution in [0.25, 0.3) is 16.8 Å². The Morgan fingerprint density at radius 3 is 3.06 bits per heavy atom. The number of fused-ring (bicyclic) bond motifs is 3. The largest absolute Gasteiger partial charge is 0.325 e. The van der Waals surface area contributed by atoms with Crippen LogP contribution in [0.5, 0.6) is 0 Å². The lowest BCUT2D eigenvalue weighted by atomic mass is 10.2. The van der Waals surface area contributed by atoms with E-state index >= 15 is 0 Å². The van der Waals surface area contributed by atoms with Crippen molar-refractivity contribution in [1.82, 2.24) is 14.4 Å². The fraction of sp³-hybridized carbons (Fsp3) is 0.182. The van der Waals surface area contributed by atoms with Crippen LogP contribution >= 0.6 is 15.9 Å². The van der Waals surface area contributed by atoms with Gasteiger partial charge in [0.25, 0.3) is 0 Å². The van der Waals surface area contributed by atoms with Crippen molar-refractivity contribution in [3.8, 4) is 0 Å². The molecule has 0 aliphatic carbocycles. The van der Waals surface area contributed by atoms with Gasteiger partial charge in [-0.05, 0) is 40.5 Å². The summed E-state index contributed by atoms with van der Waals surface area (Å²) in [5, 5.41) is 0. The predicted molar refractivity (Wildman–Crippen MR) is 67.4 cm³/mol. The molecule has 1 aromatic carbocycles. The Labute approximate surface area is 101 Å². The van der Waals surface area contributed by atoms with Crippen molar-refractivity contribution < 1.29 is 0 Å². The second-order valence-electron chi connectivity index (χ2n) is 3.86. The maximum atomic E-state index is 5.65. The van der Waals surface area contributed by atoms with Crippen molar-refractivity contribution >= 4 is 32.7 Å². The molecular formula is C11H11BrN4. The molecule has 5 heteroatoms. The molecule has 0 saturated carbocycles. The van der Waals surface area contributed by atoms with Gasteiger partial charge in [0.1, 0.15) is 4.60 Å². The number of imidazole rings is 2. The molecule has 0 aliphatic rings. The first-order valence-corrected chi connectivity index (χ1v) is 5.85. The van der Waals surface area contributed by atoms with Crippen LogP contribution in [-0.2, 0) is 6.54 Å². The zero-order chi connectivity index (χ0) is 11.3. The van der Waals surface area contributed by atoms with E-state index in [4.69, 9.17) is 5.73 Å². The zero-order valence-electron chi connectivity index (χ0n) is 8.79. The van der Waals surface area contributed by atoms with Crippen LogP contribution in [-0.4, -0.2) is 14.4 Å². The molecule has 0 spiro atoms. The Bertz CT molecular complexity index is 680. The number of H-pyrrole nitrogens is 1. The third kappa shape index (κ3) is 1.22. The van der Waals surface area contributed by atoms with Crippen molar-refractivity contribution in [2.45, 2.75) is 13.5 Å². The fourth-order valence-corrected chi connectivity index (χ4v) is 2.54. The zero-order valence-corrected chi connectivity index (χ0v) is 10.4. The summed E-state index contributed by atoms with van der Waals surface area (Å²) >= 11 is 3.55. The van der Waals surface area contributed by atoms with Gasteiger partial charge in [-0.2, -0.15) is 0 Å². The van der Waals surface area contributed by atoms with E-state index < -0.39 is 0 Å². The molecule has 0 aliphatic heterocycles. The molecule has 0 unspecified atom stereocenters. The van der Waals surface area contributed by atoms with Crippen LogP contribution in [0.4, 0.5) is 0 Å². The van der Waals surface area contributed by atoms with Crippen molar-refractivity contribution in [3.05, 3.63) is 34.1 Å². The highest BCUT2D eigenvalue weighted by molar-refractivity contribution is 9.10. The number of nitrogens with one attached hydrogen (secondary N) is 1. The van der Waals surface area contributed by atoms with Gasteiger partial charge >= 0.3 is 0 Å². The van der Waals surface area contributed by atoms with Crippen LogP contribution in [0, 0.1) is 6.92 Å². The summed E-state index contributed by atoms with van der Waals surface area (Å²) in [6.45, 7) is 2.54. The van der Waals surface area contributed by atoms with Gasteiger partial charge in [0, 0.05) is 6.54 Å². The summed E-state index contributed by atoms with van der Waals surface area (Å²) in [6, 6.07) is 6.21. The van der Waals surface area contributed by atoms with Gasteiger partial charge in [0.05, 0.1) is 16.7 Å². The number of halogens is 1. The number of rotatable bonds is 1. The second kappa shape index (κ2) is 3.33. The van der Waals surface area contributed by atoms with Crippen LogP contribution < -0.4 is 5.73 Å². The molecule has 0 fully saturated rings. The molecule has 0 bridgehead atoms. The lowest BCUT2D eigenvalue weighted by Crippen LogP contribution is -1.97. The Morgan fingerprint density at radius 2 is 2.31 bits per heavy atom. The van der Waals surface area contributed by atoms with Gasteiger partial charge in [-0.1, -0.05) is 6.07 Å². The Morgan fingerprint density at radius 1 is 1.50 bits per heavy atom. The molecule has 0 amide bonds. The van der Waals surface area contributed by atoms with E-state index in [1.165, 1.54) is 5.56 Å². The Balaban J connectivity index is 2.49. The maximum absolute atomic E-state index is 5.65. The van der Waals surface area contributed by atoms with Crippen LogP contribution in [0.2, 0.25) is 0 Å². The number of nitrogens with zero attached hydrogens (tertiary/aromatic N) is 2. The summed E-state index contributed by atoms with van der Waals surface area (Å²) in [7, 11) is 0. The lowest BCUT2D eigenvalue weighted by Gasteiger charge is -1.96. The van der Waals surface area contributed by atoms with Crippen LogP contribution in [0.3, 0.4) is 0 Å². The first-order chi connectivity index (χ1) is 7.70. The summed E-state index contributed by atoms with van der Waals surface area (Å²) in [5.74, 6) is 0.827. The average molecular weight is 279 g/mol. The van der Waals surface area contributed by atoms with Crippen molar-refractivity contribution in [1.29, 1.82) is 0 Å². The number of nitrogens with two attached hydrogens (primary N) is 1. The molecule has 0 atom stereocenters. The van der Waals surface area contributed by atoms with E-state index in [9.17, 15) is 0 Å². The van der Waals surface area contributed by atoms with Crippen LogP contribution in [0.1, 0.15) is 11.3 Å². The standard InChI is InChI=1S/C11H11BrN4/c1-6-2-3-7-9(4-6)16-10(12)8(5-13)15-11(16)14-7/h2-4H,5,13H2,1H3,(H,14,15).